The first-order chi connectivity index (χ1) is 15.9. The summed E-state index contributed by atoms with van der Waals surface area (Å²) in [5, 5.41) is 19.0. The standard InChI is InChI=1S/C27H26N6/c1-32(2)24-13-7-20(8-14-24)5-11-22-17-23(31-27(19-29)26(18-28)30-22)12-6-21-9-15-25(16-10-21)33(3)4/h5-17,26H,1-4H3. The van der Waals surface area contributed by atoms with Crippen LogP contribution in [0.5, 0.6) is 0 Å². The van der Waals surface area contributed by atoms with Gasteiger partial charge in [-0.25, -0.2) is 4.99 Å². The van der Waals surface area contributed by atoms with E-state index in [2.05, 4.69) is 16.1 Å². The van der Waals surface area contributed by atoms with Gasteiger partial charge in [-0.2, -0.15) is 10.5 Å². The molecule has 6 heteroatoms. The van der Waals surface area contributed by atoms with Gasteiger partial charge in [0, 0.05) is 39.6 Å². The van der Waals surface area contributed by atoms with Gasteiger partial charge in [-0.1, -0.05) is 36.4 Å². The van der Waals surface area contributed by atoms with E-state index < -0.39 is 6.04 Å². The molecule has 0 bridgehead atoms. The third-order valence-electron chi connectivity index (χ3n) is 5.03. The molecular formula is C27H26N6. The first-order valence-electron chi connectivity index (χ1n) is 10.5. The molecule has 0 spiro atoms. The Bertz CT molecular complexity index is 1210. The highest BCUT2D eigenvalue weighted by molar-refractivity contribution is 6.13. The number of allylic oxidation sites excluding steroid dienone is 3. The Labute approximate surface area is 195 Å². The van der Waals surface area contributed by atoms with E-state index in [4.69, 9.17) is 0 Å². The maximum absolute atomic E-state index is 9.51. The molecule has 2 aromatic rings. The summed E-state index contributed by atoms with van der Waals surface area (Å²) in [5.41, 5.74) is 5.46. The van der Waals surface area contributed by atoms with E-state index in [0.29, 0.717) is 11.4 Å². The molecule has 0 radical (unpaired) electrons. The van der Waals surface area contributed by atoms with Gasteiger partial charge >= 0.3 is 0 Å². The van der Waals surface area contributed by atoms with Crippen molar-refractivity contribution >= 4 is 35.0 Å². The average molecular weight is 435 g/mol. The van der Waals surface area contributed by atoms with E-state index in [1.54, 1.807) is 6.08 Å². The van der Waals surface area contributed by atoms with Crippen molar-refractivity contribution in [2.45, 2.75) is 6.04 Å². The quantitative estimate of drug-likeness (QED) is 0.658. The molecule has 1 aliphatic rings. The van der Waals surface area contributed by atoms with Crippen molar-refractivity contribution in [3.63, 3.8) is 0 Å². The highest BCUT2D eigenvalue weighted by Crippen LogP contribution is 2.17. The largest absolute Gasteiger partial charge is 0.378 e. The average Bonchev–Trinajstić information content (AvgIpc) is 3.00. The van der Waals surface area contributed by atoms with Gasteiger partial charge in [0.25, 0.3) is 0 Å². The first kappa shape index (κ1) is 23.2. The molecule has 33 heavy (non-hydrogen) atoms. The van der Waals surface area contributed by atoms with E-state index in [0.717, 1.165) is 22.5 Å². The van der Waals surface area contributed by atoms with Crippen molar-refractivity contribution in [3.05, 3.63) is 83.6 Å². The maximum Gasteiger partial charge on any atom is 0.189 e. The predicted molar refractivity (Wildman–Crippen MR) is 138 cm³/mol. The zero-order valence-corrected chi connectivity index (χ0v) is 19.3. The van der Waals surface area contributed by atoms with E-state index in [1.165, 1.54) is 0 Å². The fourth-order valence-corrected chi connectivity index (χ4v) is 3.11. The first-order valence-corrected chi connectivity index (χ1v) is 10.5. The summed E-state index contributed by atoms with van der Waals surface area (Å²) < 4.78 is 0. The van der Waals surface area contributed by atoms with Crippen LogP contribution in [0.2, 0.25) is 0 Å². The Hall–Kier alpha value is -4.42. The molecule has 1 unspecified atom stereocenters. The van der Waals surface area contributed by atoms with Crippen molar-refractivity contribution in [2.24, 2.45) is 9.98 Å². The van der Waals surface area contributed by atoms with Gasteiger partial charge in [0.2, 0.25) is 0 Å². The van der Waals surface area contributed by atoms with Crippen LogP contribution < -0.4 is 9.80 Å². The number of rotatable bonds is 6. The Morgan fingerprint density at radius 3 is 1.73 bits per heavy atom. The third kappa shape index (κ3) is 6.29. The molecule has 3 rings (SSSR count). The summed E-state index contributed by atoms with van der Waals surface area (Å²) in [4.78, 5) is 12.9. The van der Waals surface area contributed by atoms with Crippen LogP contribution in [0.15, 0.2) is 82.4 Å². The topological polar surface area (TPSA) is 78.8 Å². The molecule has 0 saturated heterocycles. The number of anilines is 2. The number of benzene rings is 2. The summed E-state index contributed by atoms with van der Waals surface area (Å²) in [6.07, 6.45) is 9.31. The lowest BCUT2D eigenvalue weighted by Gasteiger charge is -2.11. The molecule has 1 atom stereocenters. The molecule has 0 saturated carbocycles. The van der Waals surface area contributed by atoms with Crippen molar-refractivity contribution in [1.29, 1.82) is 10.5 Å². The van der Waals surface area contributed by atoms with E-state index in [1.807, 2.05) is 117 Å². The fraction of sp³-hybridized carbons (Fsp3) is 0.185. The normalized spacial score (nSPS) is 15.8. The van der Waals surface area contributed by atoms with E-state index >= 15 is 0 Å². The zero-order valence-electron chi connectivity index (χ0n) is 19.3. The van der Waals surface area contributed by atoms with Crippen LogP contribution in [0, 0.1) is 22.7 Å². The highest BCUT2D eigenvalue weighted by Gasteiger charge is 2.17. The Morgan fingerprint density at radius 1 is 0.758 bits per heavy atom. The third-order valence-corrected chi connectivity index (χ3v) is 5.03. The molecule has 2 aromatic carbocycles. The number of hydrogen-bond donors (Lipinski definition) is 0. The van der Waals surface area contributed by atoms with Crippen LogP contribution in [0.25, 0.3) is 12.2 Å². The molecule has 0 aliphatic carbocycles. The minimum atomic E-state index is -0.938. The second-order valence-electron chi connectivity index (χ2n) is 7.90. The molecular weight excluding hydrogens is 408 g/mol. The molecule has 1 heterocycles. The number of aliphatic imine (C=N–C) groups is 2. The maximum atomic E-state index is 9.51. The summed E-state index contributed by atoms with van der Waals surface area (Å²) in [6.45, 7) is 0. The van der Waals surface area contributed by atoms with Gasteiger partial charge < -0.3 is 9.80 Å². The fourth-order valence-electron chi connectivity index (χ4n) is 3.11. The highest BCUT2D eigenvalue weighted by atomic mass is 15.1. The van der Waals surface area contributed by atoms with Crippen LogP contribution in [-0.2, 0) is 0 Å². The second kappa shape index (κ2) is 10.7. The van der Waals surface area contributed by atoms with Crippen LogP contribution in [0.3, 0.4) is 0 Å². The van der Waals surface area contributed by atoms with Crippen LogP contribution in [0.1, 0.15) is 11.1 Å². The SMILES string of the molecule is CN(C)c1ccc(C=CC2=CC(C=Cc3ccc(N(C)C)cc3)=NC(C#N)C(C#N)=N2)cc1. The molecule has 164 valence electrons. The van der Waals surface area contributed by atoms with Crippen molar-refractivity contribution in [1.82, 2.24) is 0 Å². The van der Waals surface area contributed by atoms with Gasteiger partial charge in [-0.3, -0.25) is 4.99 Å². The Balaban J connectivity index is 1.89. The molecule has 0 N–H and O–H groups in total. The second-order valence-corrected chi connectivity index (χ2v) is 7.90. The van der Waals surface area contributed by atoms with Crippen molar-refractivity contribution in [2.75, 3.05) is 38.0 Å². The lowest BCUT2D eigenvalue weighted by Crippen LogP contribution is -2.15. The number of nitriles is 2. The van der Waals surface area contributed by atoms with Gasteiger partial charge in [0.1, 0.15) is 6.07 Å². The van der Waals surface area contributed by atoms with Crippen molar-refractivity contribution in [3.8, 4) is 12.1 Å². The monoisotopic (exact) mass is 434 g/mol. The summed E-state index contributed by atoms with van der Waals surface area (Å²) in [7, 11) is 7.98. The number of hydrogen-bond acceptors (Lipinski definition) is 6. The minimum Gasteiger partial charge on any atom is -0.378 e. The lowest BCUT2D eigenvalue weighted by molar-refractivity contribution is 1.10. The van der Waals surface area contributed by atoms with Crippen LogP contribution in [-0.4, -0.2) is 45.7 Å². The molecule has 0 aromatic heterocycles. The minimum absolute atomic E-state index is 0.0788. The molecule has 0 fully saturated rings. The predicted octanol–water partition coefficient (Wildman–Crippen LogP) is 4.74. The van der Waals surface area contributed by atoms with E-state index in [-0.39, 0.29) is 5.71 Å². The smallest absolute Gasteiger partial charge is 0.189 e. The van der Waals surface area contributed by atoms with Gasteiger partial charge in [-0.15, -0.1) is 0 Å². The Kier molecular flexibility index (Phi) is 7.57. The van der Waals surface area contributed by atoms with Crippen LogP contribution in [0.4, 0.5) is 11.4 Å². The van der Waals surface area contributed by atoms with Crippen molar-refractivity contribution < 1.29 is 0 Å². The summed E-state index contributed by atoms with van der Waals surface area (Å²) in [6, 6.07) is 19.4. The van der Waals surface area contributed by atoms with Gasteiger partial charge in [0.15, 0.2) is 11.8 Å². The van der Waals surface area contributed by atoms with Gasteiger partial charge in [0.05, 0.1) is 17.5 Å². The lowest BCUT2D eigenvalue weighted by atomic mass is 10.1. The summed E-state index contributed by atoms with van der Waals surface area (Å²) >= 11 is 0. The Morgan fingerprint density at radius 2 is 1.27 bits per heavy atom. The van der Waals surface area contributed by atoms with Gasteiger partial charge in [-0.05, 0) is 53.6 Å². The summed E-state index contributed by atoms with van der Waals surface area (Å²) in [5.74, 6) is 0. The molecule has 1 aliphatic heterocycles. The number of nitrogens with zero attached hydrogens (tertiary/aromatic N) is 6. The molecule has 6 nitrogen and oxygen atoms in total. The molecule has 0 amide bonds. The van der Waals surface area contributed by atoms with E-state index in [9.17, 15) is 10.5 Å². The van der Waals surface area contributed by atoms with Crippen LogP contribution >= 0.6 is 0 Å². The zero-order chi connectivity index (χ0) is 23.8.